The molecule has 0 aromatic carbocycles. The molecule has 2 N–H and O–H groups in total. The Kier molecular flexibility index (Phi) is 3.06. The molecule has 2 fully saturated rings. The van der Waals surface area contributed by atoms with Crippen LogP contribution in [0.4, 0.5) is 0 Å². The zero-order chi connectivity index (χ0) is 9.97. The van der Waals surface area contributed by atoms with E-state index in [1.165, 1.54) is 19.3 Å². The fourth-order valence-electron chi connectivity index (χ4n) is 2.09. The van der Waals surface area contributed by atoms with Crippen LogP contribution in [0.25, 0.3) is 0 Å². The highest BCUT2D eigenvalue weighted by atomic mass is 16.1. The molecular weight excluding hydrogens is 176 g/mol. The molecule has 2 rings (SSSR count). The summed E-state index contributed by atoms with van der Waals surface area (Å²) in [5.41, 5.74) is 0. The predicted molar refractivity (Wildman–Crippen MR) is 56.0 cm³/mol. The first-order valence-electron chi connectivity index (χ1n) is 5.78. The number of hydrogen-bond donors (Lipinski definition) is 2. The summed E-state index contributed by atoms with van der Waals surface area (Å²) in [6.45, 7) is 3.25. The summed E-state index contributed by atoms with van der Waals surface area (Å²) in [5.74, 6) is 0.954. The average Bonchev–Trinajstić information content (AvgIpc) is 2.93. The van der Waals surface area contributed by atoms with Gasteiger partial charge in [-0.05, 0) is 45.1 Å². The van der Waals surface area contributed by atoms with Crippen molar-refractivity contribution >= 4 is 5.91 Å². The van der Waals surface area contributed by atoms with Crippen LogP contribution in [0.15, 0.2) is 0 Å². The number of piperidine rings is 1. The monoisotopic (exact) mass is 196 g/mol. The lowest BCUT2D eigenvalue weighted by Crippen LogP contribution is -2.51. The molecule has 0 bridgehead atoms. The van der Waals surface area contributed by atoms with Crippen molar-refractivity contribution in [1.82, 2.24) is 10.6 Å². The van der Waals surface area contributed by atoms with Crippen LogP contribution in [-0.4, -0.2) is 24.5 Å². The molecule has 2 atom stereocenters. The Morgan fingerprint density at radius 2 is 2.21 bits per heavy atom. The second-order valence-corrected chi connectivity index (χ2v) is 4.71. The summed E-state index contributed by atoms with van der Waals surface area (Å²) in [6.07, 6.45) is 5.57. The Morgan fingerprint density at radius 1 is 1.43 bits per heavy atom. The lowest BCUT2D eigenvalue weighted by atomic mass is 9.99. The number of carbonyl (C=O) groups is 1. The lowest BCUT2D eigenvalue weighted by molar-refractivity contribution is -0.122. The van der Waals surface area contributed by atoms with Gasteiger partial charge in [0.25, 0.3) is 0 Å². The van der Waals surface area contributed by atoms with Crippen molar-refractivity contribution < 1.29 is 4.79 Å². The third kappa shape index (κ3) is 2.71. The highest BCUT2D eigenvalue weighted by molar-refractivity contribution is 5.76. The zero-order valence-corrected chi connectivity index (χ0v) is 8.88. The number of rotatable bonds is 3. The molecule has 1 aliphatic heterocycles. The van der Waals surface area contributed by atoms with Gasteiger partial charge in [0.2, 0.25) is 5.91 Å². The van der Waals surface area contributed by atoms with E-state index in [2.05, 4.69) is 17.6 Å². The van der Waals surface area contributed by atoms with Crippen molar-refractivity contribution in [1.29, 1.82) is 0 Å². The number of nitrogens with one attached hydrogen (secondary N) is 2. The molecule has 0 aromatic rings. The summed E-state index contributed by atoms with van der Waals surface area (Å²) in [5, 5.41) is 6.53. The first kappa shape index (κ1) is 9.97. The van der Waals surface area contributed by atoms with Crippen LogP contribution in [0.1, 0.15) is 39.0 Å². The molecule has 0 radical (unpaired) electrons. The topological polar surface area (TPSA) is 41.1 Å². The van der Waals surface area contributed by atoms with Gasteiger partial charge < -0.3 is 10.6 Å². The highest BCUT2D eigenvalue weighted by Gasteiger charge is 2.27. The van der Waals surface area contributed by atoms with Crippen molar-refractivity contribution in [2.24, 2.45) is 5.92 Å². The summed E-state index contributed by atoms with van der Waals surface area (Å²) >= 11 is 0. The SMILES string of the molecule is C[C@@H]1NCCC[C@@H]1NC(=O)CC1CC1. The van der Waals surface area contributed by atoms with E-state index in [-0.39, 0.29) is 5.91 Å². The van der Waals surface area contributed by atoms with Gasteiger partial charge >= 0.3 is 0 Å². The van der Waals surface area contributed by atoms with E-state index in [0.717, 1.165) is 19.4 Å². The van der Waals surface area contributed by atoms with Gasteiger partial charge in [-0.1, -0.05) is 0 Å². The van der Waals surface area contributed by atoms with Crippen LogP contribution in [0.2, 0.25) is 0 Å². The minimum absolute atomic E-state index is 0.257. The van der Waals surface area contributed by atoms with Gasteiger partial charge in [-0.25, -0.2) is 0 Å². The van der Waals surface area contributed by atoms with Crippen LogP contribution in [0.5, 0.6) is 0 Å². The van der Waals surface area contributed by atoms with Gasteiger partial charge in [-0.2, -0.15) is 0 Å². The summed E-state index contributed by atoms with van der Waals surface area (Å²) < 4.78 is 0. The molecule has 0 aromatic heterocycles. The van der Waals surface area contributed by atoms with Gasteiger partial charge in [0.1, 0.15) is 0 Å². The fraction of sp³-hybridized carbons (Fsp3) is 0.909. The summed E-state index contributed by atoms with van der Waals surface area (Å²) in [4.78, 5) is 11.6. The number of hydrogen-bond acceptors (Lipinski definition) is 2. The molecule has 14 heavy (non-hydrogen) atoms. The molecule has 1 amide bonds. The largest absolute Gasteiger partial charge is 0.352 e. The molecule has 0 unspecified atom stereocenters. The van der Waals surface area contributed by atoms with E-state index in [0.29, 0.717) is 18.0 Å². The molecule has 0 spiro atoms. The Bertz CT molecular complexity index is 213. The molecule has 1 aliphatic carbocycles. The van der Waals surface area contributed by atoms with E-state index in [4.69, 9.17) is 0 Å². The van der Waals surface area contributed by atoms with Gasteiger partial charge in [0.15, 0.2) is 0 Å². The minimum Gasteiger partial charge on any atom is -0.352 e. The smallest absolute Gasteiger partial charge is 0.220 e. The van der Waals surface area contributed by atoms with E-state index < -0.39 is 0 Å². The highest BCUT2D eigenvalue weighted by Crippen LogP contribution is 2.32. The molecule has 3 heteroatoms. The van der Waals surface area contributed by atoms with Gasteiger partial charge in [0.05, 0.1) is 0 Å². The number of amides is 1. The Morgan fingerprint density at radius 3 is 2.86 bits per heavy atom. The molecular formula is C11H20N2O. The lowest BCUT2D eigenvalue weighted by Gasteiger charge is -2.30. The van der Waals surface area contributed by atoms with E-state index in [9.17, 15) is 4.79 Å². The third-order valence-corrected chi connectivity index (χ3v) is 3.28. The molecule has 80 valence electrons. The maximum atomic E-state index is 11.6. The minimum atomic E-state index is 0.257. The van der Waals surface area contributed by atoms with Crippen molar-refractivity contribution in [3.8, 4) is 0 Å². The second kappa shape index (κ2) is 4.30. The summed E-state index contributed by atoms with van der Waals surface area (Å²) in [6, 6.07) is 0.793. The maximum Gasteiger partial charge on any atom is 0.220 e. The standard InChI is InChI=1S/C11H20N2O/c1-8-10(3-2-6-12-8)13-11(14)7-9-4-5-9/h8-10,12H,2-7H2,1H3,(H,13,14)/t8-,10-/m0/s1. The van der Waals surface area contributed by atoms with Crippen molar-refractivity contribution in [2.75, 3.05) is 6.54 Å². The Balaban J connectivity index is 1.73. The van der Waals surface area contributed by atoms with Crippen LogP contribution < -0.4 is 10.6 Å². The van der Waals surface area contributed by atoms with Crippen molar-refractivity contribution in [3.63, 3.8) is 0 Å². The fourth-order valence-corrected chi connectivity index (χ4v) is 2.09. The van der Waals surface area contributed by atoms with Crippen LogP contribution in [0, 0.1) is 5.92 Å². The van der Waals surface area contributed by atoms with Crippen LogP contribution in [-0.2, 0) is 4.79 Å². The van der Waals surface area contributed by atoms with Gasteiger partial charge in [-0.3, -0.25) is 4.79 Å². The van der Waals surface area contributed by atoms with Crippen LogP contribution in [0.3, 0.4) is 0 Å². The summed E-state index contributed by atoms with van der Waals surface area (Å²) in [7, 11) is 0. The molecule has 1 saturated heterocycles. The number of carbonyl (C=O) groups excluding carboxylic acids is 1. The molecule has 1 saturated carbocycles. The Hall–Kier alpha value is -0.570. The van der Waals surface area contributed by atoms with Crippen LogP contribution >= 0.6 is 0 Å². The maximum absolute atomic E-state index is 11.6. The normalized spacial score (nSPS) is 32.6. The quantitative estimate of drug-likeness (QED) is 0.708. The van der Waals surface area contributed by atoms with E-state index >= 15 is 0 Å². The zero-order valence-electron chi connectivity index (χ0n) is 8.88. The van der Waals surface area contributed by atoms with Gasteiger partial charge in [0, 0.05) is 18.5 Å². The first-order chi connectivity index (χ1) is 6.75. The van der Waals surface area contributed by atoms with Gasteiger partial charge in [-0.15, -0.1) is 0 Å². The first-order valence-corrected chi connectivity index (χ1v) is 5.78. The average molecular weight is 196 g/mol. The second-order valence-electron chi connectivity index (χ2n) is 4.71. The van der Waals surface area contributed by atoms with E-state index in [1.807, 2.05) is 0 Å². The van der Waals surface area contributed by atoms with E-state index in [1.54, 1.807) is 0 Å². The molecule has 3 nitrogen and oxygen atoms in total. The molecule has 2 aliphatic rings. The predicted octanol–water partition coefficient (Wildman–Crippen LogP) is 1.04. The third-order valence-electron chi connectivity index (χ3n) is 3.28. The van der Waals surface area contributed by atoms with Crippen molar-refractivity contribution in [3.05, 3.63) is 0 Å². The van der Waals surface area contributed by atoms with Crippen molar-refractivity contribution in [2.45, 2.75) is 51.1 Å². The Labute approximate surface area is 85.6 Å². The molecule has 1 heterocycles.